The zero-order chi connectivity index (χ0) is 15.8. The van der Waals surface area contributed by atoms with Gasteiger partial charge in [0.2, 0.25) is 0 Å². The first-order valence-corrected chi connectivity index (χ1v) is 8.36. The van der Waals surface area contributed by atoms with E-state index in [2.05, 4.69) is 80.5 Å². The first kappa shape index (κ1) is 19.9. The fourth-order valence-electron chi connectivity index (χ4n) is 2.82. The second kappa shape index (κ2) is 10.6. The summed E-state index contributed by atoms with van der Waals surface area (Å²) in [4.78, 5) is 2.21. The van der Waals surface area contributed by atoms with Crippen molar-refractivity contribution < 1.29 is 18.9 Å². The second-order valence-corrected chi connectivity index (χ2v) is 6.24. The van der Waals surface area contributed by atoms with E-state index < -0.39 is 0 Å². The van der Waals surface area contributed by atoms with Crippen LogP contribution >= 0.6 is 0 Å². The molecule has 0 spiro atoms. The molecule has 0 aromatic heterocycles. The van der Waals surface area contributed by atoms with Crippen LogP contribution in [0.4, 0.5) is 0 Å². The summed E-state index contributed by atoms with van der Waals surface area (Å²) in [6.45, 7) is 3.26. The standard InChI is InChI=1S/C21H28N.Li/c1-4-5-7-12-21(19-10-8-6-9-11-19)20-15-13-18(14-16-20)17-22(2)3;/h6,8-11,13-16H,4-5,7,12,17H2,1-3H3;/q-1;+1. The maximum atomic E-state index is 2.28. The van der Waals surface area contributed by atoms with Gasteiger partial charge in [-0.25, -0.2) is 0 Å². The molecule has 0 heterocycles. The zero-order valence-corrected chi connectivity index (χ0v) is 15.2. The Balaban J connectivity index is 0.00000264. The molecule has 2 aromatic carbocycles. The van der Waals surface area contributed by atoms with Crippen LogP contribution in [-0.4, -0.2) is 19.0 Å². The molecular weight excluding hydrogens is 273 g/mol. The molecule has 0 amide bonds. The van der Waals surface area contributed by atoms with Gasteiger partial charge in [-0.1, -0.05) is 62.9 Å². The molecule has 0 bridgehead atoms. The third-order valence-electron chi connectivity index (χ3n) is 3.95. The van der Waals surface area contributed by atoms with Gasteiger partial charge in [-0.2, -0.15) is 0 Å². The van der Waals surface area contributed by atoms with Crippen LogP contribution in [0, 0.1) is 5.92 Å². The second-order valence-electron chi connectivity index (χ2n) is 6.24. The summed E-state index contributed by atoms with van der Waals surface area (Å²) in [6, 6.07) is 19.9. The molecule has 0 saturated heterocycles. The minimum Gasteiger partial charge on any atom is -0.305 e. The van der Waals surface area contributed by atoms with Crippen molar-refractivity contribution in [3.05, 3.63) is 77.2 Å². The van der Waals surface area contributed by atoms with E-state index in [9.17, 15) is 0 Å². The van der Waals surface area contributed by atoms with E-state index in [4.69, 9.17) is 0 Å². The Morgan fingerprint density at radius 1 is 0.826 bits per heavy atom. The average Bonchev–Trinajstić information content (AvgIpc) is 2.53. The minimum atomic E-state index is 0. The van der Waals surface area contributed by atoms with Gasteiger partial charge >= 0.3 is 18.9 Å². The fraction of sp³-hybridized carbons (Fsp3) is 0.381. The van der Waals surface area contributed by atoms with Crippen LogP contribution in [0.5, 0.6) is 0 Å². The fourth-order valence-corrected chi connectivity index (χ4v) is 2.82. The molecule has 0 unspecified atom stereocenters. The van der Waals surface area contributed by atoms with Gasteiger partial charge in [-0.15, -0.1) is 41.3 Å². The molecule has 0 radical (unpaired) electrons. The number of unbranched alkanes of at least 4 members (excludes halogenated alkanes) is 2. The van der Waals surface area contributed by atoms with Gasteiger partial charge in [0.25, 0.3) is 0 Å². The van der Waals surface area contributed by atoms with E-state index in [-0.39, 0.29) is 18.9 Å². The zero-order valence-electron chi connectivity index (χ0n) is 15.2. The maximum absolute atomic E-state index is 2.28. The summed E-state index contributed by atoms with van der Waals surface area (Å²) in [5, 5.41) is 0. The monoisotopic (exact) mass is 301 g/mol. The number of hydrogen-bond acceptors (Lipinski definition) is 1. The number of rotatable bonds is 8. The quantitative estimate of drug-likeness (QED) is 0.411. The van der Waals surface area contributed by atoms with Crippen LogP contribution in [0.25, 0.3) is 0 Å². The van der Waals surface area contributed by atoms with Crippen LogP contribution < -0.4 is 18.9 Å². The van der Waals surface area contributed by atoms with Gasteiger partial charge in [0.15, 0.2) is 0 Å². The molecule has 0 saturated carbocycles. The van der Waals surface area contributed by atoms with E-state index in [1.807, 2.05) is 0 Å². The van der Waals surface area contributed by atoms with Gasteiger partial charge in [-0.05, 0) is 19.7 Å². The van der Waals surface area contributed by atoms with Crippen molar-refractivity contribution in [3.63, 3.8) is 0 Å². The van der Waals surface area contributed by atoms with Gasteiger partial charge in [0.05, 0.1) is 0 Å². The summed E-state index contributed by atoms with van der Waals surface area (Å²) < 4.78 is 0. The SMILES string of the molecule is CCCCC[C-](c1ccccc1)c1ccc(CN(C)C)cc1.[Li+]. The summed E-state index contributed by atoms with van der Waals surface area (Å²) in [5.41, 5.74) is 4.10. The van der Waals surface area contributed by atoms with Crippen LogP contribution in [-0.2, 0) is 6.54 Å². The molecule has 0 aliphatic heterocycles. The van der Waals surface area contributed by atoms with Crippen LogP contribution in [0.3, 0.4) is 0 Å². The average molecular weight is 301 g/mol. The van der Waals surface area contributed by atoms with Crippen molar-refractivity contribution >= 4 is 0 Å². The molecule has 0 aliphatic rings. The first-order chi connectivity index (χ1) is 10.7. The molecule has 1 nitrogen and oxygen atoms in total. The van der Waals surface area contributed by atoms with Gasteiger partial charge in [0, 0.05) is 6.54 Å². The molecule has 2 aromatic rings. The van der Waals surface area contributed by atoms with Crippen LogP contribution in [0.2, 0.25) is 0 Å². The predicted molar refractivity (Wildman–Crippen MR) is 95.9 cm³/mol. The molecule has 23 heavy (non-hydrogen) atoms. The summed E-state index contributed by atoms with van der Waals surface area (Å²) in [5.74, 6) is 1.48. The Labute approximate surface area is 154 Å². The third kappa shape index (κ3) is 6.48. The normalized spacial score (nSPS) is 10.4. The van der Waals surface area contributed by atoms with Gasteiger partial charge < -0.3 is 4.90 Å². The van der Waals surface area contributed by atoms with Crippen molar-refractivity contribution in [1.82, 2.24) is 4.90 Å². The number of hydrogen-bond donors (Lipinski definition) is 0. The van der Waals surface area contributed by atoms with Gasteiger partial charge in [-0.3, -0.25) is 0 Å². The molecule has 0 N–H and O–H groups in total. The largest absolute Gasteiger partial charge is 1.00 e. The number of nitrogens with zero attached hydrogens (tertiary/aromatic N) is 1. The molecule has 0 fully saturated rings. The maximum Gasteiger partial charge on any atom is 1.00 e. The van der Waals surface area contributed by atoms with Crippen LogP contribution in [0.15, 0.2) is 54.6 Å². The molecular formula is C21H28LiN. The van der Waals surface area contributed by atoms with E-state index in [1.54, 1.807) is 0 Å². The summed E-state index contributed by atoms with van der Waals surface area (Å²) in [7, 11) is 4.22. The van der Waals surface area contributed by atoms with Crippen molar-refractivity contribution in [3.8, 4) is 0 Å². The third-order valence-corrected chi connectivity index (χ3v) is 3.95. The summed E-state index contributed by atoms with van der Waals surface area (Å²) in [6.07, 6.45) is 4.99. The topological polar surface area (TPSA) is 3.24 Å². The van der Waals surface area contributed by atoms with Crippen molar-refractivity contribution in [2.45, 2.75) is 39.2 Å². The van der Waals surface area contributed by atoms with Crippen molar-refractivity contribution in [1.29, 1.82) is 0 Å². The molecule has 0 atom stereocenters. The van der Waals surface area contributed by atoms with Crippen molar-refractivity contribution in [2.24, 2.45) is 0 Å². The Hall–Kier alpha value is -1.13. The van der Waals surface area contributed by atoms with E-state index in [0.717, 1.165) is 13.0 Å². The number of benzene rings is 2. The van der Waals surface area contributed by atoms with E-state index >= 15 is 0 Å². The minimum absolute atomic E-state index is 0. The van der Waals surface area contributed by atoms with E-state index in [1.165, 1.54) is 41.9 Å². The van der Waals surface area contributed by atoms with E-state index in [0.29, 0.717) is 0 Å². The molecule has 118 valence electrons. The Morgan fingerprint density at radius 2 is 1.43 bits per heavy atom. The molecule has 0 aliphatic carbocycles. The van der Waals surface area contributed by atoms with Crippen molar-refractivity contribution in [2.75, 3.05) is 14.1 Å². The molecule has 2 rings (SSSR count). The Bertz CT molecular complexity index is 534. The summed E-state index contributed by atoms with van der Waals surface area (Å²) >= 11 is 0. The predicted octanol–water partition coefficient (Wildman–Crippen LogP) is 2.30. The molecule has 2 heteroatoms. The Morgan fingerprint density at radius 3 is 2.00 bits per heavy atom. The smallest absolute Gasteiger partial charge is 0.305 e. The Kier molecular flexibility index (Phi) is 9.18. The van der Waals surface area contributed by atoms with Gasteiger partial charge in [0.1, 0.15) is 0 Å². The van der Waals surface area contributed by atoms with Crippen LogP contribution in [0.1, 0.15) is 49.3 Å². The first-order valence-electron chi connectivity index (χ1n) is 8.36.